The van der Waals surface area contributed by atoms with Crippen molar-refractivity contribution in [2.45, 2.75) is 32.6 Å². The Morgan fingerprint density at radius 2 is 1.90 bits per heavy atom. The zero-order chi connectivity index (χ0) is 29.4. The highest BCUT2D eigenvalue weighted by atomic mass is 35.5. The molecule has 0 saturated heterocycles. The summed E-state index contributed by atoms with van der Waals surface area (Å²) in [4.78, 5) is 25.3. The second-order valence-electron chi connectivity index (χ2n) is 9.85. The molecule has 4 rings (SSSR count). The Morgan fingerprint density at radius 3 is 2.59 bits per heavy atom. The predicted molar refractivity (Wildman–Crippen MR) is 174 cm³/mol. The summed E-state index contributed by atoms with van der Waals surface area (Å²) in [5.74, 6) is 0.836. The normalized spacial score (nSPS) is 14.4. The number of benzene rings is 2. The van der Waals surface area contributed by atoms with E-state index in [1.807, 2.05) is 57.3 Å². The summed E-state index contributed by atoms with van der Waals surface area (Å²) in [6.07, 6.45) is 11.1. The summed E-state index contributed by atoms with van der Waals surface area (Å²) >= 11 is 6.88. The van der Waals surface area contributed by atoms with Gasteiger partial charge in [-0.25, -0.2) is 9.98 Å². The van der Waals surface area contributed by atoms with E-state index in [2.05, 4.69) is 57.1 Å². The number of anilines is 1. The minimum atomic E-state index is -0.270. The topological polar surface area (TPSA) is 78.7 Å². The highest BCUT2D eigenvalue weighted by Gasteiger charge is 2.24. The summed E-state index contributed by atoms with van der Waals surface area (Å²) in [7, 11) is 1.85. The van der Waals surface area contributed by atoms with Gasteiger partial charge < -0.3 is 10.6 Å². The summed E-state index contributed by atoms with van der Waals surface area (Å²) in [6.45, 7) is 11.3. The van der Waals surface area contributed by atoms with Crippen molar-refractivity contribution in [1.29, 1.82) is 0 Å². The van der Waals surface area contributed by atoms with Gasteiger partial charge in [-0.1, -0.05) is 48.5 Å². The molecule has 1 aliphatic carbocycles. The molecule has 208 valence electrons. The van der Waals surface area contributed by atoms with E-state index < -0.39 is 0 Å². The lowest BCUT2D eigenvalue weighted by molar-refractivity contribution is 0.102. The molecule has 41 heavy (non-hydrogen) atoms. The third-order valence-corrected chi connectivity index (χ3v) is 7.18. The number of amides is 1. The first-order valence-electron chi connectivity index (χ1n) is 13.4. The van der Waals surface area contributed by atoms with E-state index in [0.29, 0.717) is 22.3 Å². The summed E-state index contributed by atoms with van der Waals surface area (Å²) < 4.78 is 0. The smallest absolute Gasteiger partial charge is 0.256 e. The molecule has 1 amide bonds. The average molecular weight is 564 g/mol. The number of halogens is 1. The Kier molecular flexibility index (Phi) is 9.82. The van der Waals surface area contributed by atoms with Gasteiger partial charge in [-0.2, -0.15) is 0 Å². The molecule has 1 fully saturated rings. The molecular formula is C34H34ClN5O. The lowest BCUT2D eigenvalue weighted by Gasteiger charge is -2.17. The van der Waals surface area contributed by atoms with Crippen LogP contribution in [0.3, 0.4) is 0 Å². The Hall–Kier alpha value is -4.55. The first-order valence-corrected chi connectivity index (χ1v) is 13.8. The van der Waals surface area contributed by atoms with E-state index in [1.165, 1.54) is 24.7 Å². The van der Waals surface area contributed by atoms with Crippen LogP contribution >= 0.6 is 11.6 Å². The molecule has 7 heteroatoms. The van der Waals surface area contributed by atoms with Crippen LogP contribution in [0.15, 0.2) is 101 Å². The molecular weight excluding hydrogens is 530 g/mol. The molecule has 6 nitrogen and oxygen atoms in total. The molecule has 3 aromatic rings. The van der Waals surface area contributed by atoms with Gasteiger partial charge in [0.1, 0.15) is 12.2 Å². The van der Waals surface area contributed by atoms with Crippen LogP contribution in [-0.4, -0.2) is 31.0 Å². The number of carbonyl (C=O) groups excluding carboxylic acids is 1. The number of pyridine rings is 1. The minimum absolute atomic E-state index is 0.270. The van der Waals surface area contributed by atoms with Crippen molar-refractivity contribution in [1.82, 2.24) is 10.3 Å². The quantitative estimate of drug-likeness (QED) is 0.140. The van der Waals surface area contributed by atoms with Gasteiger partial charge in [-0.3, -0.25) is 9.79 Å². The van der Waals surface area contributed by atoms with Crippen LogP contribution in [0.1, 0.15) is 65.2 Å². The van der Waals surface area contributed by atoms with Gasteiger partial charge in [-0.05, 0) is 104 Å². The number of rotatable bonds is 11. The summed E-state index contributed by atoms with van der Waals surface area (Å²) in [5.41, 5.74) is 8.06. The van der Waals surface area contributed by atoms with Crippen LogP contribution in [0.25, 0.3) is 17.2 Å². The molecule has 0 spiro atoms. The lowest BCUT2D eigenvalue weighted by atomic mass is 9.94. The second kappa shape index (κ2) is 13.7. The first-order chi connectivity index (χ1) is 19.8. The lowest BCUT2D eigenvalue weighted by Crippen LogP contribution is -2.14. The Labute approximate surface area is 247 Å². The van der Waals surface area contributed by atoms with Crippen molar-refractivity contribution < 1.29 is 4.79 Å². The maximum absolute atomic E-state index is 13.1. The van der Waals surface area contributed by atoms with Crippen LogP contribution in [0.2, 0.25) is 5.02 Å². The van der Waals surface area contributed by atoms with Gasteiger partial charge in [0.15, 0.2) is 0 Å². The zero-order valence-corrected chi connectivity index (χ0v) is 24.4. The van der Waals surface area contributed by atoms with Crippen LogP contribution in [0.4, 0.5) is 5.82 Å². The van der Waals surface area contributed by atoms with Crippen molar-refractivity contribution in [3.05, 3.63) is 124 Å². The van der Waals surface area contributed by atoms with Gasteiger partial charge in [0.25, 0.3) is 5.91 Å². The number of aromatic nitrogens is 1. The predicted octanol–water partition coefficient (Wildman–Crippen LogP) is 8.17. The number of carbonyl (C=O) groups is 1. The fourth-order valence-electron chi connectivity index (χ4n) is 4.55. The van der Waals surface area contributed by atoms with Gasteiger partial charge >= 0.3 is 0 Å². The van der Waals surface area contributed by atoms with Crippen molar-refractivity contribution in [2.75, 3.05) is 12.4 Å². The molecule has 1 aliphatic rings. The first kappa shape index (κ1) is 29.4. The second-order valence-corrected chi connectivity index (χ2v) is 10.3. The Morgan fingerprint density at radius 1 is 1.10 bits per heavy atom. The molecule has 0 radical (unpaired) electrons. The van der Waals surface area contributed by atoms with E-state index in [4.69, 9.17) is 11.6 Å². The molecule has 1 aromatic heterocycles. The number of hydrogen-bond donors (Lipinski definition) is 2. The van der Waals surface area contributed by atoms with E-state index in [-0.39, 0.29) is 5.91 Å². The van der Waals surface area contributed by atoms with Gasteiger partial charge in [0.2, 0.25) is 0 Å². The number of allylic oxidation sites excluding steroid dienone is 4. The molecule has 0 atom stereocenters. The average Bonchev–Trinajstić information content (AvgIpc) is 3.83. The maximum atomic E-state index is 13.1. The number of nitrogens with zero attached hydrogens (tertiary/aromatic N) is 3. The van der Waals surface area contributed by atoms with Crippen LogP contribution in [0, 0.1) is 0 Å². The summed E-state index contributed by atoms with van der Waals surface area (Å²) in [5, 5.41) is 6.66. The molecule has 2 N–H and O–H groups in total. The Balaban J connectivity index is 1.74. The molecule has 0 bridgehead atoms. The van der Waals surface area contributed by atoms with E-state index in [9.17, 15) is 4.79 Å². The third-order valence-electron chi connectivity index (χ3n) is 6.86. The van der Waals surface area contributed by atoms with E-state index in [0.717, 1.165) is 39.1 Å². The molecule has 0 aliphatic heterocycles. The van der Waals surface area contributed by atoms with E-state index >= 15 is 0 Å². The minimum Gasteiger partial charge on any atom is -0.387 e. The van der Waals surface area contributed by atoms with Crippen molar-refractivity contribution in [3.8, 4) is 0 Å². The maximum Gasteiger partial charge on any atom is 0.256 e. The monoisotopic (exact) mass is 563 g/mol. The van der Waals surface area contributed by atoms with Crippen LogP contribution in [-0.2, 0) is 0 Å². The molecule has 1 heterocycles. The van der Waals surface area contributed by atoms with Gasteiger partial charge in [0, 0.05) is 46.9 Å². The number of likely N-dealkylation sites (N-methyl/N-ethyl adjacent to an activating group) is 1. The van der Waals surface area contributed by atoms with Gasteiger partial charge in [0.05, 0.1) is 0 Å². The van der Waals surface area contributed by atoms with Crippen molar-refractivity contribution in [3.63, 3.8) is 0 Å². The zero-order valence-electron chi connectivity index (χ0n) is 23.6. The van der Waals surface area contributed by atoms with Crippen LogP contribution in [0.5, 0.6) is 0 Å². The molecule has 2 aromatic carbocycles. The van der Waals surface area contributed by atoms with Crippen molar-refractivity contribution >= 4 is 53.6 Å². The highest BCUT2D eigenvalue weighted by Crippen LogP contribution is 2.40. The molecule has 0 unspecified atom stereocenters. The number of nitrogens with one attached hydrogen (secondary N) is 2. The number of hydrogen-bond acceptors (Lipinski definition) is 4. The van der Waals surface area contributed by atoms with E-state index in [1.54, 1.807) is 24.5 Å². The fraction of sp³-hybridized carbons (Fsp3) is 0.176. The third kappa shape index (κ3) is 7.56. The van der Waals surface area contributed by atoms with Crippen molar-refractivity contribution in [2.24, 2.45) is 9.98 Å². The summed E-state index contributed by atoms with van der Waals surface area (Å²) in [6, 6.07) is 17.4. The standard InChI is InChI=1S/C34H34ClN5O/c1-6-24-8-7-9-26(17-24)22(2)16-30(33(37-5)23(3)20-38-21-36-4)29-13-12-28(18-31(29)35)34(41)40-32-19-27(14-15-39-32)25-10-11-25/h6-9,12-21,25,37H,1,4,10-11H2,2-3,5H3,(H,39,40,41)/b22-16+,23-20+,33-30-,38-21?. The number of aliphatic imine (C=N–C) groups is 2. The van der Waals surface area contributed by atoms with Crippen LogP contribution < -0.4 is 10.6 Å². The molecule has 1 saturated carbocycles. The van der Waals surface area contributed by atoms with Gasteiger partial charge in [-0.15, -0.1) is 0 Å². The Bertz CT molecular complexity index is 1590. The highest BCUT2D eigenvalue weighted by molar-refractivity contribution is 6.33. The SMILES string of the molecule is C=Cc1cccc(/C(C)=C/C(=C(NC)\C(C)=C\N=CN=C)c2ccc(C(=O)Nc3cc(C4CC4)ccn3)cc2Cl)c1. The largest absolute Gasteiger partial charge is 0.387 e. The fourth-order valence-corrected chi connectivity index (χ4v) is 4.83.